The molecule has 0 unspecified atom stereocenters. The molecule has 6 nitrogen and oxygen atoms in total. The maximum absolute atomic E-state index is 12.2. The average Bonchev–Trinajstić information content (AvgIpc) is 3.00. The highest BCUT2D eigenvalue weighted by Crippen LogP contribution is 2.69. The Kier molecular flexibility index (Phi) is 6.37. The summed E-state index contributed by atoms with van der Waals surface area (Å²) < 4.78 is 17.4. The first-order valence-electron chi connectivity index (χ1n) is 13.0. The molecule has 4 saturated carbocycles. The van der Waals surface area contributed by atoms with Crippen LogP contribution in [0.5, 0.6) is 0 Å². The van der Waals surface area contributed by atoms with Crippen molar-refractivity contribution in [2.24, 2.45) is 34.5 Å². The van der Waals surface area contributed by atoms with Crippen LogP contribution in [0.4, 0.5) is 0 Å². The van der Waals surface area contributed by atoms with Gasteiger partial charge in [0, 0.05) is 26.2 Å². The molecule has 0 spiro atoms. The zero-order valence-electron chi connectivity index (χ0n) is 21.3. The molecule has 0 aromatic heterocycles. The first-order chi connectivity index (χ1) is 15.4. The summed E-state index contributed by atoms with van der Waals surface area (Å²) >= 11 is 0. The van der Waals surface area contributed by atoms with Crippen LogP contribution < -0.4 is 0 Å². The van der Waals surface area contributed by atoms with Crippen LogP contribution in [0.25, 0.3) is 0 Å². The van der Waals surface area contributed by atoms with E-state index in [1.54, 1.807) is 0 Å². The van der Waals surface area contributed by atoms with Crippen molar-refractivity contribution in [1.29, 1.82) is 0 Å². The molecule has 0 aromatic carbocycles. The molecule has 0 aliphatic heterocycles. The molecule has 4 aliphatic rings. The van der Waals surface area contributed by atoms with E-state index in [0.717, 1.165) is 44.9 Å². The van der Waals surface area contributed by atoms with E-state index in [9.17, 15) is 14.4 Å². The molecule has 0 N–H and O–H groups in total. The molecule has 186 valence electrons. The van der Waals surface area contributed by atoms with Crippen LogP contribution in [0.2, 0.25) is 0 Å². The summed E-state index contributed by atoms with van der Waals surface area (Å²) in [4.78, 5) is 35.6. The predicted octanol–water partition coefficient (Wildman–Crippen LogP) is 5.21. The van der Waals surface area contributed by atoms with Gasteiger partial charge in [0.25, 0.3) is 0 Å². The topological polar surface area (TPSA) is 78.9 Å². The number of carbonyl (C=O) groups is 3. The van der Waals surface area contributed by atoms with E-state index in [-0.39, 0.29) is 34.8 Å². The molecule has 0 saturated heterocycles. The molecule has 0 amide bonds. The number of rotatable bonds is 4. The van der Waals surface area contributed by atoms with E-state index < -0.39 is 11.7 Å². The highest BCUT2D eigenvalue weighted by Gasteiger charge is 2.68. The molecule has 0 radical (unpaired) electrons. The predicted molar refractivity (Wildman–Crippen MR) is 123 cm³/mol. The third-order valence-electron chi connectivity index (χ3n) is 10.5. The standard InChI is InChI=1S/C27H42O6/c1-16(31-17(2)28)27(33-19(4)30)14-11-24-22-8-7-20-15-21(32-18(3)29)9-12-25(20,5)23(22)10-13-26(24,27)6/h16,20-24H,7-15H2,1-6H3/t16-,20-,21-,22+,23-,24-,25-,26-,27+/m0/s1. The van der Waals surface area contributed by atoms with E-state index >= 15 is 0 Å². The van der Waals surface area contributed by atoms with Gasteiger partial charge in [0.15, 0.2) is 5.60 Å². The van der Waals surface area contributed by atoms with E-state index in [2.05, 4.69) is 13.8 Å². The van der Waals surface area contributed by atoms with Crippen molar-refractivity contribution < 1.29 is 28.6 Å². The molecule has 0 aromatic rings. The second kappa shape index (κ2) is 8.57. The lowest BCUT2D eigenvalue weighted by Crippen LogP contribution is -2.61. The van der Waals surface area contributed by atoms with Crippen molar-refractivity contribution in [3.8, 4) is 0 Å². The summed E-state index contributed by atoms with van der Waals surface area (Å²) in [5, 5.41) is 0. The normalized spacial score (nSPS) is 45.1. The molecular formula is C27H42O6. The van der Waals surface area contributed by atoms with Gasteiger partial charge in [0.05, 0.1) is 0 Å². The summed E-state index contributed by atoms with van der Waals surface area (Å²) in [5.74, 6) is 1.51. The van der Waals surface area contributed by atoms with Gasteiger partial charge in [-0.3, -0.25) is 14.4 Å². The summed E-state index contributed by atoms with van der Waals surface area (Å²) in [6.45, 7) is 11.1. The Bertz CT molecular complexity index is 808. The first-order valence-corrected chi connectivity index (χ1v) is 13.0. The zero-order valence-corrected chi connectivity index (χ0v) is 21.3. The fourth-order valence-corrected chi connectivity index (χ4v) is 9.11. The Labute approximate surface area is 198 Å². The molecule has 4 aliphatic carbocycles. The molecule has 4 fully saturated rings. The molecule has 0 bridgehead atoms. The maximum atomic E-state index is 12.2. The Balaban J connectivity index is 1.59. The number of hydrogen-bond donors (Lipinski definition) is 0. The number of carbonyl (C=O) groups excluding carboxylic acids is 3. The zero-order chi connectivity index (χ0) is 24.2. The van der Waals surface area contributed by atoms with Gasteiger partial charge < -0.3 is 14.2 Å². The second-order valence-electron chi connectivity index (χ2n) is 11.9. The van der Waals surface area contributed by atoms with Gasteiger partial charge in [-0.15, -0.1) is 0 Å². The summed E-state index contributed by atoms with van der Waals surface area (Å²) in [6.07, 6.45) is 8.85. The van der Waals surface area contributed by atoms with E-state index in [1.165, 1.54) is 33.6 Å². The maximum Gasteiger partial charge on any atom is 0.303 e. The third-order valence-corrected chi connectivity index (χ3v) is 10.5. The van der Waals surface area contributed by atoms with Crippen molar-refractivity contribution in [2.45, 2.75) is 117 Å². The van der Waals surface area contributed by atoms with E-state index in [0.29, 0.717) is 23.7 Å². The highest BCUT2D eigenvalue weighted by molar-refractivity contribution is 5.68. The molecule has 33 heavy (non-hydrogen) atoms. The molecule has 4 rings (SSSR count). The lowest BCUT2D eigenvalue weighted by atomic mass is 9.44. The average molecular weight is 463 g/mol. The van der Waals surface area contributed by atoms with Crippen LogP contribution in [-0.4, -0.2) is 35.7 Å². The van der Waals surface area contributed by atoms with Gasteiger partial charge in [0.2, 0.25) is 0 Å². The fourth-order valence-electron chi connectivity index (χ4n) is 9.11. The molecule has 9 atom stereocenters. The van der Waals surface area contributed by atoms with Gasteiger partial charge in [-0.25, -0.2) is 0 Å². The summed E-state index contributed by atoms with van der Waals surface area (Å²) in [6, 6.07) is 0. The molecule has 6 heteroatoms. The van der Waals surface area contributed by atoms with Crippen LogP contribution in [0.1, 0.15) is 99.3 Å². The van der Waals surface area contributed by atoms with Crippen molar-refractivity contribution in [3.63, 3.8) is 0 Å². The van der Waals surface area contributed by atoms with Gasteiger partial charge >= 0.3 is 17.9 Å². The van der Waals surface area contributed by atoms with Crippen molar-refractivity contribution in [2.75, 3.05) is 0 Å². The lowest BCUT2D eigenvalue weighted by molar-refractivity contribution is -0.219. The van der Waals surface area contributed by atoms with Crippen molar-refractivity contribution >= 4 is 17.9 Å². The Morgan fingerprint density at radius 3 is 2.15 bits per heavy atom. The Morgan fingerprint density at radius 1 is 0.818 bits per heavy atom. The monoisotopic (exact) mass is 462 g/mol. The quantitative estimate of drug-likeness (QED) is 0.421. The number of esters is 3. The largest absolute Gasteiger partial charge is 0.463 e. The Morgan fingerprint density at radius 2 is 1.52 bits per heavy atom. The van der Waals surface area contributed by atoms with Gasteiger partial charge in [-0.05, 0) is 93.8 Å². The Hall–Kier alpha value is -1.59. The minimum Gasteiger partial charge on any atom is -0.463 e. The summed E-state index contributed by atoms with van der Waals surface area (Å²) in [5.41, 5.74) is -0.688. The van der Waals surface area contributed by atoms with E-state index in [1.807, 2.05) is 6.92 Å². The summed E-state index contributed by atoms with van der Waals surface area (Å²) in [7, 11) is 0. The number of ether oxygens (including phenoxy) is 3. The number of hydrogen-bond acceptors (Lipinski definition) is 6. The minimum atomic E-state index is -0.759. The van der Waals surface area contributed by atoms with Crippen LogP contribution in [0.3, 0.4) is 0 Å². The minimum absolute atomic E-state index is 0.0682. The first kappa shape index (κ1) is 24.5. The van der Waals surface area contributed by atoms with Crippen LogP contribution >= 0.6 is 0 Å². The van der Waals surface area contributed by atoms with Gasteiger partial charge in [0.1, 0.15) is 12.2 Å². The fraction of sp³-hybridized carbons (Fsp3) is 0.889. The van der Waals surface area contributed by atoms with E-state index in [4.69, 9.17) is 14.2 Å². The van der Waals surface area contributed by atoms with Crippen molar-refractivity contribution in [1.82, 2.24) is 0 Å². The van der Waals surface area contributed by atoms with Crippen LogP contribution in [-0.2, 0) is 28.6 Å². The second-order valence-corrected chi connectivity index (χ2v) is 11.9. The van der Waals surface area contributed by atoms with Gasteiger partial charge in [-0.2, -0.15) is 0 Å². The third kappa shape index (κ3) is 3.89. The van der Waals surface area contributed by atoms with Crippen LogP contribution in [0.15, 0.2) is 0 Å². The van der Waals surface area contributed by atoms with Crippen LogP contribution in [0, 0.1) is 34.5 Å². The molecular weight excluding hydrogens is 420 g/mol. The highest BCUT2D eigenvalue weighted by atomic mass is 16.6. The SMILES string of the molecule is CC(=O)O[C@H]1CC[C@@]2(C)[C@@H](CC[C@@H]3[C@@H]2CC[C@@]2(C)[C@H]3CC[C@@]2(OC(C)=O)[C@H](C)OC(C)=O)C1. The lowest BCUT2D eigenvalue weighted by Gasteiger charge is -2.62. The van der Waals surface area contributed by atoms with Crippen molar-refractivity contribution in [3.05, 3.63) is 0 Å². The molecule has 0 heterocycles. The number of fused-ring (bicyclic) bond motifs is 5. The smallest absolute Gasteiger partial charge is 0.303 e. The van der Waals surface area contributed by atoms with Gasteiger partial charge in [-0.1, -0.05) is 13.8 Å².